The number of aromatic nitrogens is 1. The molecular formula is C13H11N3O3. The quantitative estimate of drug-likeness (QED) is 0.676. The maximum Gasteiger partial charge on any atom is 0.269 e. The van der Waals surface area contributed by atoms with Gasteiger partial charge in [0.05, 0.1) is 10.5 Å². The molecule has 1 amide bonds. The Morgan fingerprint density at radius 1 is 1.37 bits per heavy atom. The number of anilines is 1. The number of benzene rings is 1. The Bertz CT molecular complexity index is 626. The van der Waals surface area contributed by atoms with E-state index in [-0.39, 0.29) is 11.6 Å². The van der Waals surface area contributed by atoms with Gasteiger partial charge in [0, 0.05) is 30.2 Å². The lowest BCUT2D eigenvalue weighted by atomic mass is 10.1. The first-order chi connectivity index (χ1) is 9.08. The molecule has 96 valence electrons. The number of nitro benzene ring substituents is 1. The summed E-state index contributed by atoms with van der Waals surface area (Å²) < 4.78 is 0. The number of rotatable bonds is 3. The average molecular weight is 257 g/mol. The van der Waals surface area contributed by atoms with Gasteiger partial charge < -0.3 is 5.32 Å². The normalized spacial score (nSPS) is 9.95. The van der Waals surface area contributed by atoms with Crippen molar-refractivity contribution in [1.82, 2.24) is 4.98 Å². The van der Waals surface area contributed by atoms with Crippen molar-refractivity contribution in [1.29, 1.82) is 0 Å². The molecule has 0 fully saturated rings. The highest BCUT2D eigenvalue weighted by Gasteiger charge is 2.11. The third-order valence-corrected chi connectivity index (χ3v) is 2.59. The minimum atomic E-state index is -0.473. The van der Waals surface area contributed by atoms with Crippen LogP contribution in [0.25, 0.3) is 0 Å². The molecular weight excluding hydrogens is 246 g/mol. The third-order valence-electron chi connectivity index (χ3n) is 2.59. The lowest BCUT2D eigenvalue weighted by molar-refractivity contribution is -0.384. The van der Waals surface area contributed by atoms with Gasteiger partial charge in [-0.15, -0.1) is 0 Å². The van der Waals surface area contributed by atoms with Crippen LogP contribution in [0.2, 0.25) is 0 Å². The zero-order chi connectivity index (χ0) is 13.8. The topological polar surface area (TPSA) is 85.1 Å². The summed E-state index contributed by atoms with van der Waals surface area (Å²) in [6.45, 7) is 1.70. The number of pyridine rings is 1. The minimum Gasteiger partial charge on any atom is -0.322 e. The van der Waals surface area contributed by atoms with Crippen LogP contribution in [0.4, 0.5) is 11.4 Å². The molecule has 1 aromatic carbocycles. The van der Waals surface area contributed by atoms with Crippen molar-refractivity contribution < 1.29 is 9.72 Å². The van der Waals surface area contributed by atoms with Gasteiger partial charge in [-0.1, -0.05) is 0 Å². The lowest BCUT2D eigenvalue weighted by Crippen LogP contribution is -2.12. The van der Waals surface area contributed by atoms with Crippen LogP contribution in [-0.4, -0.2) is 15.8 Å². The van der Waals surface area contributed by atoms with E-state index >= 15 is 0 Å². The van der Waals surface area contributed by atoms with E-state index in [0.717, 1.165) is 0 Å². The number of nitro groups is 1. The van der Waals surface area contributed by atoms with Crippen LogP contribution in [0.3, 0.4) is 0 Å². The van der Waals surface area contributed by atoms with E-state index in [0.29, 0.717) is 16.8 Å². The molecule has 0 radical (unpaired) electrons. The number of carbonyl (C=O) groups is 1. The van der Waals surface area contributed by atoms with Crippen LogP contribution in [-0.2, 0) is 0 Å². The molecule has 1 heterocycles. The highest BCUT2D eigenvalue weighted by atomic mass is 16.6. The van der Waals surface area contributed by atoms with Crippen molar-refractivity contribution in [3.05, 3.63) is 64.0 Å². The summed E-state index contributed by atoms with van der Waals surface area (Å²) in [5, 5.41) is 13.3. The number of hydrogen-bond donors (Lipinski definition) is 1. The van der Waals surface area contributed by atoms with Crippen LogP contribution in [0, 0.1) is 17.0 Å². The van der Waals surface area contributed by atoms with Gasteiger partial charge in [0.2, 0.25) is 0 Å². The third kappa shape index (κ3) is 2.92. The summed E-state index contributed by atoms with van der Waals surface area (Å²) in [7, 11) is 0. The summed E-state index contributed by atoms with van der Waals surface area (Å²) in [5.74, 6) is -0.301. The van der Waals surface area contributed by atoms with Crippen molar-refractivity contribution >= 4 is 17.3 Å². The molecule has 2 aromatic rings. The fourth-order valence-corrected chi connectivity index (χ4v) is 1.59. The first-order valence-corrected chi connectivity index (χ1v) is 5.54. The van der Waals surface area contributed by atoms with Crippen molar-refractivity contribution in [3.63, 3.8) is 0 Å². The van der Waals surface area contributed by atoms with E-state index in [4.69, 9.17) is 0 Å². The van der Waals surface area contributed by atoms with Crippen LogP contribution in [0.5, 0.6) is 0 Å². The molecule has 0 bridgehead atoms. The molecule has 2 rings (SSSR count). The molecule has 1 N–H and O–H groups in total. The molecule has 0 atom stereocenters. The van der Waals surface area contributed by atoms with Gasteiger partial charge in [-0.05, 0) is 30.7 Å². The summed E-state index contributed by atoms with van der Waals surface area (Å²) in [4.78, 5) is 25.9. The molecule has 6 nitrogen and oxygen atoms in total. The number of amides is 1. The van der Waals surface area contributed by atoms with Crippen LogP contribution >= 0.6 is 0 Å². The lowest BCUT2D eigenvalue weighted by Gasteiger charge is -2.07. The first kappa shape index (κ1) is 12.7. The predicted molar refractivity (Wildman–Crippen MR) is 70.0 cm³/mol. The summed E-state index contributed by atoms with van der Waals surface area (Å²) >= 11 is 0. The SMILES string of the molecule is Cc1cc([N+](=O)[O-])ccc1NC(=O)c1cccnc1. The smallest absolute Gasteiger partial charge is 0.269 e. The van der Waals surface area contributed by atoms with Gasteiger partial charge >= 0.3 is 0 Å². The Balaban J connectivity index is 2.20. The van der Waals surface area contributed by atoms with Crippen molar-refractivity contribution in [2.75, 3.05) is 5.32 Å². The fraction of sp³-hybridized carbons (Fsp3) is 0.0769. The molecule has 0 aliphatic heterocycles. The molecule has 0 aliphatic rings. The number of nitrogens with one attached hydrogen (secondary N) is 1. The standard InChI is InChI=1S/C13H11N3O3/c1-9-7-11(16(18)19)4-5-12(9)15-13(17)10-3-2-6-14-8-10/h2-8H,1H3,(H,15,17). The fourth-order valence-electron chi connectivity index (χ4n) is 1.59. The van der Waals surface area contributed by atoms with Gasteiger partial charge in [0.25, 0.3) is 11.6 Å². The van der Waals surface area contributed by atoms with E-state index in [1.807, 2.05) is 0 Å². The van der Waals surface area contributed by atoms with E-state index in [2.05, 4.69) is 10.3 Å². The van der Waals surface area contributed by atoms with Crippen LogP contribution in [0.15, 0.2) is 42.7 Å². The van der Waals surface area contributed by atoms with Gasteiger partial charge in [-0.2, -0.15) is 0 Å². The minimum absolute atomic E-state index is 0.00289. The number of non-ortho nitro benzene ring substituents is 1. The second-order valence-corrected chi connectivity index (χ2v) is 3.95. The van der Waals surface area contributed by atoms with Gasteiger partial charge in [0.15, 0.2) is 0 Å². The van der Waals surface area contributed by atoms with Crippen molar-refractivity contribution in [2.45, 2.75) is 6.92 Å². The Hall–Kier alpha value is -2.76. The highest BCUT2D eigenvalue weighted by Crippen LogP contribution is 2.21. The average Bonchev–Trinajstić information content (AvgIpc) is 2.41. The van der Waals surface area contributed by atoms with E-state index < -0.39 is 4.92 Å². The zero-order valence-corrected chi connectivity index (χ0v) is 10.2. The molecule has 6 heteroatoms. The van der Waals surface area contributed by atoms with Gasteiger partial charge in [-0.3, -0.25) is 19.9 Å². The number of hydrogen-bond acceptors (Lipinski definition) is 4. The van der Waals surface area contributed by atoms with Crippen molar-refractivity contribution in [2.24, 2.45) is 0 Å². The Kier molecular flexibility index (Phi) is 3.51. The highest BCUT2D eigenvalue weighted by molar-refractivity contribution is 6.04. The second-order valence-electron chi connectivity index (χ2n) is 3.95. The van der Waals surface area contributed by atoms with E-state index in [9.17, 15) is 14.9 Å². The molecule has 0 unspecified atom stereocenters. The largest absolute Gasteiger partial charge is 0.322 e. The second kappa shape index (κ2) is 5.26. The van der Waals surface area contributed by atoms with E-state index in [1.165, 1.54) is 24.4 Å². The monoisotopic (exact) mass is 257 g/mol. The maximum absolute atomic E-state index is 11.9. The van der Waals surface area contributed by atoms with Crippen LogP contribution in [0.1, 0.15) is 15.9 Å². The Morgan fingerprint density at radius 3 is 2.74 bits per heavy atom. The number of nitrogens with zero attached hydrogens (tertiary/aromatic N) is 2. The number of aryl methyl sites for hydroxylation is 1. The zero-order valence-electron chi connectivity index (χ0n) is 10.2. The Labute approximate surface area is 109 Å². The van der Waals surface area contributed by atoms with E-state index in [1.54, 1.807) is 25.3 Å². The number of carbonyl (C=O) groups excluding carboxylic acids is 1. The Morgan fingerprint density at radius 2 is 2.16 bits per heavy atom. The van der Waals surface area contributed by atoms with Crippen molar-refractivity contribution in [3.8, 4) is 0 Å². The summed E-state index contributed by atoms with van der Waals surface area (Å²) in [6, 6.07) is 7.59. The van der Waals surface area contributed by atoms with Gasteiger partial charge in [0.1, 0.15) is 0 Å². The van der Waals surface area contributed by atoms with Gasteiger partial charge in [-0.25, -0.2) is 0 Å². The molecule has 0 saturated heterocycles. The maximum atomic E-state index is 11.9. The summed E-state index contributed by atoms with van der Waals surface area (Å²) in [5.41, 5.74) is 1.60. The van der Waals surface area contributed by atoms with Crippen LogP contribution < -0.4 is 5.32 Å². The molecule has 0 aliphatic carbocycles. The molecule has 19 heavy (non-hydrogen) atoms. The summed E-state index contributed by atoms with van der Waals surface area (Å²) in [6.07, 6.45) is 3.03. The predicted octanol–water partition coefficient (Wildman–Crippen LogP) is 2.55. The molecule has 1 aromatic heterocycles. The first-order valence-electron chi connectivity index (χ1n) is 5.54. The molecule has 0 saturated carbocycles. The molecule has 0 spiro atoms.